The fourth-order valence-corrected chi connectivity index (χ4v) is 10.5. The highest BCUT2D eigenvalue weighted by Crippen LogP contribution is 2.41. The van der Waals surface area contributed by atoms with Crippen LogP contribution in [0.15, 0.2) is 36.9 Å². The summed E-state index contributed by atoms with van der Waals surface area (Å²) in [5.74, 6) is 3.13. The van der Waals surface area contributed by atoms with Crippen molar-refractivity contribution >= 4 is 19.4 Å². The maximum Gasteiger partial charge on any atom is 0.154 e. The van der Waals surface area contributed by atoms with Crippen LogP contribution in [0.1, 0.15) is 74.3 Å². The molecule has 0 spiro atoms. The molecule has 5 heteroatoms. The normalized spacial score (nSPS) is 15.7. The van der Waals surface area contributed by atoms with Gasteiger partial charge in [-0.2, -0.15) is 0 Å². The van der Waals surface area contributed by atoms with Crippen molar-refractivity contribution in [1.29, 1.82) is 0 Å². The van der Waals surface area contributed by atoms with Crippen molar-refractivity contribution in [3.8, 4) is 11.5 Å². The summed E-state index contributed by atoms with van der Waals surface area (Å²) >= 11 is -1.43. The van der Waals surface area contributed by atoms with Gasteiger partial charge in [0.05, 0.1) is 0 Å². The van der Waals surface area contributed by atoms with Crippen LogP contribution in [0.3, 0.4) is 0 Å². The Morgan fingerprint density at radius 2 is 1.60 bits per heavy atom. The van der Waals surface area contributed by atoms with Gasteiger partial charge in [0.1, 0.15) is 18.6 Å². The first-order chi connectivity index (χ1) is 13.7. The van der Waals surface area contributed by atoms with Crippen molar-refractivity contribution in [2.24, 2.45) is 0 Å². The van der Waals surface area contributed by atoms with Crippen molar-refractivity contribution in [1.82, 2.24) is 4.72 Å². The first-order valence-electron chi connectivity index (χ1n) is 10.8. The van der Waals surface area contributed by atoms with Crippen molar-refractivity contribution in [3.05, 3.63) is 48.3 Å². The second kappa shape index (κ2) is 10.5. The average Bonchev–Trinajstić information content (AvgIpc) is 2.60. The van der Waals surface area contributed by atoms with Gasteiger partial charge in [-0.15, -0.1) is 16.8 Å². The summed E-state index contributed by atoms with van der Waals surface area (Å²) < 4.78 is 30.9. The Kier molecular flexibility index (Phi) is 9.44. The lowest BCUT2D eigenvalue weighted by Gasteiger charge is -2.39. The summed E-state index contributed by atoms with van der Waals surface area (Å²) in [7, 11) is -2.07. The Labute approximate surface area is 188 Å². The smallest absolute Gasteiger partial charge is 0.154 e. The van der Waals surface area contributed by atoms with Gasteiger partial charge in [-0.1, -0.05) is 71.7 Å². The number of rotatable bonds is 8. The molecule has 1 unspecified atom stereocenters. The van der Waals surface area contributed by atoms with Gasteiger partial charge in [0, 0.05) is 23.3 Å². The first-order valence-corrected chi connectivity index (χ1v) is 14.2. The Bertz CT molecular complexity index is 754. The summed E-state index contributed by atoms with van der Waals surface area (Å²) in [6.07, 6.45) is 2.10. The third kappa shape index (κ3) is 5.79. The quantitative estimate of drug-likeness (QED) is 0.203. The van der Waals surface area contributed by atoms with Gasteiger partial charge in [0.15, 0.2) is 5.54 Å². The number of halogens is 1. The monoisotopic (exact) mass is 449 g/mol. The lowest BCUT2D eigenvalue weighted by Crippen LogP contribution is -2.52. The third-order valence-corrected chi connectivity index (χ3v) is 13.9. The predicted molar refractivity (Wildman–Crippen MR) is 133 cm³/mol. The molecular formula is C25H40FNOSSi. The number of benzene rings is 1. The van der Waals surface area contributed by atoms with Crippen molar-refractivity contribution in [3.63, 3.8) is 0 Å². The highest BCUT2D eigenvalue weighted by atomic mass is 32.2. The van der Waals surface area contributed by atoms with Crippen LogP contribution in [0.2, 0.25) is 16.6 Å². The highest BCUT2D eigenvalue weighted by molar-refractivity contribution is 7.90. The second-order valence-electron chi connectivity index (χ2n) is 10.0. The molecule has 0 aliphatic heterocycles. The van der Waals surface area contributed by atoms with E-state index in [-0.39, 0.29) is 5.82 Å². The van der Waals surface area contributed by atoms with E-state index in [0.717, 1.165) is 0 Å². The molecule has 0 saturated carbocycles. The maximum atomic E-state index is 15.0. The fourth-order valence-electron chi connectivity index (χ4n) is 4.33. The van der Waals surface area contributed by atoms with E-state index in [1.54, 1.807) is 24.3 Å². The maximum absolute atomic E-state index is 15.0. The van der Waals surface area contributed by atoms with Gasteiger partial charge in [-0.3, -0.25) is 0 Å². The molecule has 2 atom stereocenters. The molecule has 0 radical (unpaired) electrons. The van der Waals surface area contributed by atoms with Crippen LogP contribution in [0.4, 0.5) is 4.39 Å². The number of hydrogen-bond acceptors (Lipinski definition) is 2. The zero-order valence-electron chi connectivity index (χ0n) is 20.2. The molecule has 1 rings (SSSR count). The van der Waals surface area contributed by atoms with Crippen LogP contribution >= 0.6 is 0 Å². The lowest BCUT2D eigenvalue weighted by molar-refractivity contribution is 0.460. The van der Waals surface area contributed by atoms with Crippen LogP contribution in [0, 0.1) is 17.3 Å². The molecule has 30 heavy (non-hydrogen) atoms. The molecule has 1 aromatic rings. The first kappa shape index (κ1) is 27.0. The zero-order chi connectivity index (χ0) is 23.3. The minimum Gasteiger partial charge on any atom is -0.598 e. The van der Waals surface area contributed by atoms with Crippen molar-refractivity contribution < 1.29 is 8.94 Å². The number of hydrogen-bond donors (Lipinski definition) is 1. The summed E-state index contributed by atoms with van der Waals surface area (Å²) in [5.41, 5.74) is 4.38. The van der Waals surface area contributed by atoms with Gasteiger partial charge < -0.3 is 4.55 Å². The Morgan fingerprint density at radius 1 is 1.10 bits per heavy atom. The lowest BCUT2D eigenvalue weighted by atomic mass is 9.88. The van der Waals surface area contributed by atoms with E-state index in [1.165, 1.54) is 6.07 Å². The predicted octanol–water partition coefficient (Wildman–Crippen LogP) is 6.87. The largest absolute Gasteiger partial charge is 0.598 e. The molecule has 0 saturated heterocycles. The van der Waals surface area contributed by atoms with E-state index in [0.29, 0.717) is 28.6 Å². The van der Waals surface area contributed by atoms with E-state index in [1.807, 2.05) is 20.8 Å². The summed E-state index contributed by atoms with van der Waals surface area (Å²) in [6.45, 7) is 23.1. The Hall–Kier alpha value is -1.06. The molecule has 0 aliphatic rings. The van der Waals surface area contributed by atoms with Gasteiger partial charge in [-0.25, -0.2) is 4.39 Å². The Morgan fingerprint density at radius 3 is 2.00 bits per heavy atom. The molecule has 1 N–H and O–H groups in total. The number of nitrogens with one attached hydrogen (secondary N) is 1. The Balaban J connectivity index is 3.84. The zero-order valence-corrected chi connectivity index (χ0v) is 22.0. The molecular weight excluding hydrogens is 409 g/mol. The molecule has 2 nitrogen and oxygen atoms in total. The van der Waals surface area contributed by atoms with Crippen molar-refractivity contribution in [2.45, 2.75) is 95.6 Å². The highest BCUT2D eigenvalue weighted by Gasteiger charge is 2.44. The molecule has 168 valence electrons. The summed E-state index contributed by atoms with van der Waals surface area (Å²) in [5, 5.41) is 0. The minimum atomic E-state index is -2.07. The fraction of sp³-hybridized carbons (Fsp3) is 0.600. The molecule has 0 heterocycles. The molecule has 0 amide bonds. The average molecular weight is 450 g/mol. The van der Waals surface area contributed by atoms with Gasteiger partial charge in [0.2, 0.25) is 0 Å². The molecule has 0 aromatic heterocycles. The van der Waals surface area contributed by atoms with Gasteiger partial charge in [0.25, 0.3) is 0 Å². The van der Waals surface area contributed by atoms with E-state index >= 15 is 4.39 Å². The van der Waals surface area contributed by atoms with Crippen LogP contribution in [-0.4, -0.2) is 17.4 Å². The molecule has 1 aromatic carbocycles. The standard InChI is InChI=1S/C25H40FNOSSi/c1-11-16-25(27-29(28)24(8,9)10,22-14-12-13-15-23(22)26)17-18-30(19(2)3,20(4)5)21(6)7/h11-15,19-21,27H,1,16H2,2-10H3/t25-,29?/m1/s1. The summed E-state index contributed by atoms with van der Waals surface area (Å²) in [4.78, 5) is 0. The van der Waals surface area contributed by atoms with E-state index in [9.17, 15) is 4.55 Å². The van der Waals surface area contributed by atoms with Crippen LogP contribution in [-0.2, 0) is 16.9 Å². The third-order valence-electron chi connectivity index (χ3n) is 5.97. The van der Waals surface area contributed by atoms with Crippen LogP contribution in [0.25, 0.3) is 0 Å². The van der Waals surface area contributed by atoms with Crippen LogP contribution in [0.5, 0.6) is 0 Å². The van der Waals surface area contributed by atoms with E-state index in [4.69, 9.17) is 0 Å². The topological polar surface area (TPSA) is 35.1 Å². The van der Waals surface area contributed by atoms with Crippen molar-refractivity contribution in [2.75, 3.05) is 0 Å². The second-order valence-corrected chi connectivity index (χ2v) is 17.6. The summed E-state index contributed by atoms with van der Waals surface area (Å²) in [6, 6.07) is 6.65. The molecule has 0 bridgehead atoms. The minimum absolute atomic E-state index is 0.349. The van der Waals surface area contributed by atoms with E-state index < -0.39 is 29.7 Å². The van der Waals surface area contributed by atoms with Crippen LogP contribution < -0.4 is 4.72 Å². The molecule has 0 fully saturated rings. The van der Waals surface area contributed by atoms with Gasteiger partial charge >= 0.3 is 0 Å². The molecule has 0 aliphatic carbocycles. The van der Waals surface area contributed by atoms with E-state index in [2.05, 4.69) is 64.3 Å². The van der Waals surface area contributed by atoms with Gasteiger partial charge in [-0.05, 0) is 43.5 Å². The SMILES string of the molecule is C=CC[C@](C#C[Si](C(C)C)(C(C)C)C(C)C)(N[S+]([O-])C(C)(C)C)c1ccccc1F.